The Bertz CT molecular complexity index is 424. The van der Waals surface area contributed by atoms with Crippen LogP contribution in [0.3, 0.4) is 0 Å². The fraction of sp³-hybridized carbons (Fsp3) is 0.100. The number of halogens is 1. The van der Waals surface area contributed by atoms with E-state index in [0.717, 1.165) is 15.1 Å². The monoisotopic (exact) mass is 284 g/mol. The van der Waals surface area contributed by atoms with E-state index in [1.54, 1.807) is 29.1 Å². The van der Waals surface area contributed by atoms with E-state index in [-0.39, 0.29) is 0 Å². The summed E-state index contributed by atoms with van der Waals surface area (Å²) in [7, 11) is 0. The lowest BCUT2D eigenvalue weighted by Gasteiger charge is -2.05. The minimum absolute atomic E-state index is 0.528. The van der Waals surface area contributed by atoms with Crippen molar-refractivity contribution in [3.63, 3.8) is 0 Å². The Morgan fingerprint density at radius 3 is 2.93 bits per heavy atom. The lowest BCUT2D eigenvalue weighted by molar-refractivity contribution is 0.309. The molecule has 0 saturated heterocycles. The topological polar surface area (TPSA) is 48.1 Å². The number of thiazole rings is 1. The van der Waals surface area contributed by atoms with E-state index in [4.69, 9.17) is 10.5 Å². The molecule has 2 rings (SSSR count). The Kier molecular flexibility index (Phi) is 3.23. The Morgan fingerprint density at radius 1 is 1.40 bits per heavy atom. The SMILES string of the molecule is Nc1cc(Br)cc(OCc2cncs2)c1. The van der Waals surface area contributed by atoms with Gasteiger partial charge in [0.25, 0.3) is 0 Å². The number of aromatic nitrogens is 1. The lowest BCUT2D eigenvalue weighted by atomic mass is 10.3. The van der Waals surface area contributed by atoms with Crippen LogP contribution in [0.15, 0.2) is 34.4 Å². The number of rotatable bonds is 3. The third-order valence-corrected chi connectivity index (χ3v) is 2.97. The summed E-state index contributed by atoms with van der Waals surface area (Å²) in [5.41, 5.74) is 8.16. The van der Waals surface area contributed by atoms with Gasteiger partial charge in [-0.3, -0.25) is 4.98 Å². The average molecular weight is 285 g/mol. The van der Waals surface area contributed by atoms with E-state index in [9.17, 15) is 0 Å². The Hall–Kier alpha value is -1.07. The summed E-state index contributed by atoms with van der Waals surface area (Å²) in [6.45, 7) is 0.528. The van der Waals surface area contributed by atoms with Crippen LogP contribution in [0.2, 0.25) is 0 Å². The number of nitrogen functional groups attached to an aromatic ring is 1. The first kappa shape index (κ1) is 10.4. The van der Waals surface area contributed by atoms with Crippen LogP contribution in [0, 0.1) is 0 Å². The summed E-state index contributed by atoms with van der Waals surface area (Å²) in [6.07, 6.45) is 1.80. The molecule has 0 aliphatic rings. The molecule has 0 unspecified atom stereocenters. The van der Waals surface area contributed by atoms with Crippen molar-refractivity contribution in [1.82, 2.24) is 4.98 Å². The van der Waals surface area contributed by atoms with Gasteiger partial charge in [-0.2, -0.15) is 0 Å². The molecule has 5 heteroatoms. The van der Waals surface area contributed by atoms with Crippen LogP contribution in [0.4, 0.5) is 5.69 Å². The number of benzene rings is 1. The summed E-state index contributed by atoms with van der Waals surface area (Å²) >= 11 is 4.93. The minimum atomic E-state index is 0.528. The molecule has 0 atom stereocenters. The van der Waals surface area contributed by atoms with E-state index in [2.05, 4.69) is 20.9 Å². The summed E-state index contributed by atoms with van der Waals surface area (Å²) in [6, 6.07) is 5.52. The summed E-state index contributed by atoms with van der Waals surface area (Å²) < 4.78 is 6.49. The highest BCUT2D eigenvalue weighted by Crippen LogP contribution is 2.23. The molecule has 0 spiro atoms. The highest BCUT2D eigenvalue weighted by atomic mass is 79.9. The van der Waals surface area contributed by atoms with E-state index >= 15 is 0 Å². The van der Waals surface area contributed by atoms with Crippen LogP contribution < -0.4 is 10.5 Å². The molecule has 1 heterocycles. The smallest absolute Gasteiger partial charge is 0.124 e. The maximum Gasteiger partial charge on any atom is 0.124 e. The Morgan fingerprint density at radius 2 is 2.27 bits per heavy atom. The summed E-state index contributed by atoms with van der Waals surface area (Å²) in [4.78, 5) is 5.07. The van der Waals surface area contributed by atoms with E-state index in [1.807, 2.05) is 12.1 Å². The van der Waals surface area contributed by atoms with Gasteiger partial charge in [0, 0.05) is 22.4 Å². The first-order valence-electron chi connectivity index (χ1n) is 4.30. The number of nitrogens with zero attached hydrogens (tertiary/aromatic N) is 1. The van der Waals surface area contributed by atoms with Crippen molar-refractivity contribution in [3.8, 4) is 5.75 Å². The van der Waals surface area contributed by atoms with Gasteiger partial charge >= 0.3 is 0 Å². The van der Waals surface area contributed by atoms with Crippen molar-refractivity contribution in [2.75, 3.05) is 5.73 Å². The minimum Gasteiger partial charge on any atom is -0.488 e. The van der Waals surface area contributed by atoms with Gasteiger partial charge in [-0.1, -0.05) is 15.9 Å². The van der Waals surface area contributed by atoms with E-state index < -0.39 is 0 Å². The third kappa shape index (κ3) is 2.94. The fourth-order valence-electron chi connectivity index (χ4n) is 1.14. The molecule has 1 aromatic carbocycles. The molecule has 0 aliphatic carbocycles. The molecule has 78 valence electrons. The van der Waals surface area contributed by atoms with E-state index in [1.165, 1.54) is 0 Å². The first-order valence-corrected chi connectivity index (χ1v) is 5.97. The van der Waals surface area contributed by atoms with Crippen molar-refractivity contribution < 1.29 is 4.74 Å². The first-order chi connectivity index (χ1) is 7.24. The Labute approximate surface area is 100 Å². The number of hydrogen-bond acceptors (Lipinski definition) is 4. The maximum atomic E-state index is 5.69. The molecule has 15 heavy (non-hydrogen) atoms. The molecule has 1 aromatic heterocycles. The molecule has 0 radical (unpaired) electrons. The molecule has 0 aliphatic heterocycles. The second-order valence-corrected chi connectivity index (χ2v) is 4.86. The predicted octanol–water partition coefficient (Wildman–Crippen LogP) is 3.07. The van der Waals surface area contributed by atoms with Gasteiger partial charge in [-0.25, -0.2) is 0 Å². The van der Waals surface area contributed by atoms with Crippen LogP contribution >= 0.6 is 27.3 Å². The molecular weight excluding hydrogens is 276 g/mol. The highest BCUT2D eigenvalue weighted by Gasteiger charge is 2.00. The molecule has 0 saturated carbocycles. The van der Waals surface area contributed by atoms with Crippen LogP contribution in [0.1, 0.15) is 4.88 Å². The lowest BCUT2D eigenvalue weighted by Crippen LogP contribution is -1.94. The molecule has 3 nitrogen and oxygen atoms in total. The van der Waals surface area contributed by atoms with E-state index in [0.29, 0.717) is 12.3 Å². The third-order valence-electron chi connectivity index (χ3n) is 1.76. The fourth-order valence-corrected chi connectivity index (χ4v) is 2.13. The molecule has 0 amide bonds. The van der Waals surface area contributed by atoms with Crippen molar-refractivity contribution >= 4 is 33.0 Å². The second kappa shape index (κ2) is 4.63. The van der Waals surface area contributed by atoms with Crippen LogP contribution in [-0.2, 0) is 6.61 Å². The number of hydrogen-bond donors (Lipinski definition) is 1. The van der Waals surface area contributed by atoms with Gasteiger partial charge in [0.05, 0.1) is 10.4 Å². The molecule has 0 bridgehead atoms. The molecule has 2 aromatic rings. The van der Waals surface area contributed by atoms with Crippen molar-refractivity contribution in [2.45, 2.75) is 6.61 Å². The largest absolute Gasteiger partial charge is 0.488 e. The zero-order valence-corrected chi connectivity index (χ0v) is 10.2. The summed E-state index contributed by atoms with van der Waals surface area (Å²) in [5.74, 6) is 0.760. The maximum absolute atomic E-state index is 5.69. The second-order valence-electron chi connectivity index (χ2n) is 2.98. The van der Waals surface area contributed by atoms with Gasteiger partial charge in [-0.15, -0.1) is 11.3 Å². The molecular formula is C10H9BrN2OS. The van der Waals surface area contributed by atoms with Gasteiger partial charge in [0.2, 0.25) is 0 Å². The van der Waals surface area contributed by atoms with Gasteiger partial charge in [0.1, 0.15) is 12.4 Å². The van der Waals surface area contributed by atoms with Gasteiger partial charge in [-0.05, 0) is 12.1 Å². The van der Waals surface area contributed by atoms with Crippen molar-refractivity contribution in [2.24, 2.45) is 0 Å². The van der Waals surface area contributed by atoms with Crippen LogP contribution in [-0.4, -0.2) is 4.98 Å². The number of anilines is 1. The number of ether oxygens (including phenoxy) is 1. The summed E-state index contributed by atoms with van der Waals surface area (Å²) in [5, 5.41) is 0. The van der Waals surface area contributed by atoms with Gasteiger partial charge in [0.15, 0.2) is 0 Å². The normalized spacial score (nSPS) is 10.2. The zero-order valence-electron chi connectivity index (χ0n) is 7.81. The zero-order chi connectivity index (χ0) is 10.7. The standard InChI is InChI=1S/C10H9BrN2OS/c11-7-1-8(12)3-9(2-7)14-5-10-4-13-6-15-10/h1-4,6H,5,12H2. The van der Waals surface area contributed by atoms with Crippen molar-refractivity contribution in [3.05, 3.63) is 39.3 Å². The number of nitrogens with two attached hydrogens (primary N) is 1. The Balaban J connectivity index is 2.05. The van der Waals surface area contributed by atoms with Crippen LogP contribution in [0.5, 0.6) is 5.75 Å². The molecule has 2 N–H and O–H groups in total. The predicted molar refractivity (Wildman–Crippen MR) is 65.0 cm³/mol. The highest BCUT2D eigenvalue weighted by molar-refractivity contribution is 9.10. The molecule has 0 fully saturated rings. The average Bonchev–Trinajstić information content (AvgIpc) is 2.65. The quantitative estimate of drug-likeness (QED) is 0.882. The van der Waals surface area contributed by atoms with Crippen molar-refractivity contribution in [1.29, 1.82) is 0 Å². The van der Waals surface area contributed by atoms with Crippen LogP contribution in [0.25, 0.3) is 0 Å². The van der Waals surface area contributed by atoms with Gasteiger partial charge < -0.3 is 10.5 Å².